The maximum atomic E-state index is 13.2. The quantitative estimate of drug-likeness (QED) is 0.226. The van der Waals surface area contributed by atoms with Crippen LogP contribution in [0, 0.1) is 25.2 Å². The number of nitrogens with zero attached hydrogens (tertiary/aromatic N) is 1. The zero-order valence-electron chi connectivity index (χ0n) is 22.4. The molecule has 0 aromatic heterocycles. The fraction of sp³-hybridized carbons (Fsp3) is 0.267. The molecule has 0 spiro atoms. The van der Waals surface area contributed by atoms with E-state index < -0.39 is 5.91 Å². The number of hydrogen-bond acceptors (Lipinski definition) is 7. The Kier molecular flexibility index (Phi) is 10.5. The molecule has 1 amide bonds. The van der Waals surface area contributed by atoms with Crippen molar-refractivity contribution in [2.75, 3.05) is 33.2 Å². The lowest BCUT2D eigenvalue weighted by Gasteiger charge is -2.15. The SMILES string of the molecule is COc1cccc(NC(SCc2ccc(C)cc2C)=C(C#N)C(=O)NCCc2ccc(OC)c(OC)c2)c1. The topological polar surface area (TPSA) is 92.6 Å². The van der Waals surface area contributed by atoms with Crippen LogP contribution in [0.25, 0.3) is 0 Å². The molecule has 0 aliphatic carbocycles. The van der Waals surface area contributed by atoms with Crippen molar-refractivity contribution in [3.05, 3.63) is 93.5 Å². The van der Waals surface area contributed by atoms with E-state index in [1.54, 1.807) is 21.3 Å². The molecule has 3 aromatic rings. The Morgan fingerprint density at radius 1 is 0.947 bits per heavy atom. The van der Waals surface area contributed by atoms with E-state index in [9.17, 15) is 10.1 Å². The van der Waals surface area contributed by atoms with Crippen LogP contribution >= 0.6 is 11.8 Å². The Labute approximate surface area is 228 Å². The zero-order valence-corrected chi connectivity index (χ0v) is 23.2. The van der Waals surface area contributed by atoms with E-state index in [0.717, 1.165) is 22.4 Å². The Morgan fingerprint density at radius 2 is 1.74 bits per heavy atom. The van der Waals surface area contributed by atoms with Crippen LogP contribution in [0.5, 0.6) is 17.2 Å². The minimum absolute atomic E-state index is 0.0231. The molecule has 7 nitrogen and oxygen atoms in total. The van der Waals surface area contributed by atoms with Crippen molar-refractivity contribution in [3.63, 3.8) is 0 Å². The second-order valence-electron chi connectivity index (χ2n) is 8.59. The second-order valence-corrected chi connectivity index (χ2v) is 9.57. The zero-order chi connectivity index (χ0) is 27.5. The van der Waals surface area contributed by atoms with E-state index in [4.69, 9.17) is 14.2 Å². The standard InChI is InChI=1S/C30H33N3O4S/c1-20-9-11-23(21(2)15-20)19-38-30(33-24-7-6-8-25(17-24)35-3)26(18-31)29(34)32-14-13-22-10-12-27(36-4)28(16-22)37-5/h6-12,15-17,33H,13-14,19H2,1-5H3,(H,32,34). The van der Waals surface area contributed by atoms with Gasteiger partial charge in [-0.25, -0.2) is 0 Å². The maximum Gasteiger partial charge on any atom is 0.264 e. The predicted octanol–water partition coefficient (Wildman–Crippen LogP) is 5.77. The van der Waals surface area contributed by atoms with Crippen LogP contribution < -0.4 is 24.8 Å². The van der Waals surface area contributed by atoms with Crippen LogP contribution in [0.1, 0.15) is 22.3 Å². The number of carbonyl (C=O) groups is 1. The summed E-state index contributed by atoms with van der Waals surface area (Å²) in [6.07, 6.45) is 0.569. The smallest absolute Gasteiger partial charge is 0.264 e. The summed E-state index contributed by atoms with van der Waals surface area (Å²) in [4.78, 5) is 13.2. The Bertz CT molecular complexity index is 1350. The third-order valence-corrected chi connectivity index (χ3v) is 6.96. The lowest BCUT2D eigenvalue weighted by Crippen LogP contribution is -2.28. The molecule has 0 fully saturated rings. The normalized spacial score (nSPS) is 11.2. The minimum Gasteiger partial charge on any atom is -0.497 e. The first-order valence-electron chi connectivity index (χ1n) is 12.1. The Balaban J connectivity index is 1.80. The van der Waals surface area contributed by atoms with Gasteiger partial charge in [-0.2, -0.15) is 5.26 Å². The van der Waals surface area contributed by atoms with Gasteiger partial charge in [-0.05, 0) is 61.2 Å². The van der Waals surface area contributed by atoms with Crippen molar-refractivity contribution in [1.29, 1.82) is 5.26 Å². The van der Waals surface area contributed by atoms with Crippen molar-refractivity contribution in [2.24, 2.45) is 0 Å². The number of nitriles is 1. The molecular weight excluding hydrogens is 498 g/mol. The second kappa shape index (κ2) is 14.0. The van der Waals surface area contributed by atoms with E-state index >= 15 is 0 Å². The molecule has 0 saturated heterocycles. The predicted molar refractivity (Wildman–Crippen MR) is 153 cm³/mol. The molecule has 198 valence electrons. The van der Waals surface area contributed by atoms with E-state index in [2.05, 4.69) is 48.7 Å². The van der Waals surface area contributed by atoms with Crippen LogP contribution in [0.15, 0.2) is 71.3 Å². The highest BCUT2D eigenvalue weighted by Gasteiger charge is 2.17. The van der Waals surface area contributed by atoms with Gasteiger partial charge < -0.3 is 24.8 Å². The Morgan fingerprint density at radius 3 is 2.42 bits per heavy atom. The summed E-state index contributed by atoms with van der Waals surface area (Å²) >= 11 is 1.42. The number of aryl methyl sites for hydroxylation is 2. The molecule has 8 heteroatoms. The summed E-state index contributed by atoms with van der Waals surface area (Å²) in [7, 11) is 4.76. The summed E-state index contributed by atoms with van der Waals surface area (Å²) in [5.74, 6) is 2.10. The number of thioether (sulfide) groups is 1. The first kappa shape index (κ1) is 28.5. The van der Waals surface area contributed by atoms with Crippen LogP contribution in [-0.4, -0.2) is 33.8 Å². The highest BCUT2D eigenvalue weighted by molar-refractivity contribution is 8.02. The van der Waals surface area contributed by atoms with Crippen molar-refractivity contribution in [2.45, 2.75) is 26.0 Å². The average molecular weight is 532 g/mol. The monoisotopic (exact) mass is 531 g/mol. The molecule has 0 radical (unpaired) electrons. The highest BCUT2D eigenvalue weighted by atomic mass is 32.2. The van der Waals surface area contributed by atoms with E-state index in [-0.39, 0.29) is 5.57 Å². The number of amides is 1. The van der Waals surface area contributed by atoms with Gasteiger partial charge in [0.05, 0.1) is 26.4 Å². The summed E-state index contributed by atoms with van der Waals surface area (Å²) in [6, 6.07) is 21.4. The third-order valence-electron chi connectivity index (χ3n) is 5.91. The molecule has 0 heterocycles. The van der Waals surface area contributed by atoms with Gasteiger partial charge in [0.15, 0.2) is 11.5 Å². The molecule has 0 atom stereocenters. The van der Waals surface area contributed by atoms with Crippen LogP contribution in [0.3, 0.4) is 0 Å². The number of rotatable bonds is 12. The van der Waals surface area contributed by atoms with Gasteiger partial charge in [-0.1, -0.05) is 35.9 Å². The van der Waals surface area contributed by atoms with Gasteiger partial charge in [-0.3, -0.25) is 4.79 Å². The molecule has 0 aliphatic rings. The van der Waals surface area contributed by atoms with Crippen molar-refractivity contribution >= 4 is 23.4 Å². The van der Waals surface area contributed by atoms with Gasteiger partial charge in [0.2, 0.25) is 0 Å². The molecule has 0 unspecified atom stereocenters. The molecule has 0 bridgehead atoms. The van der Waals surface area contributed by atoms with E-state index in [1.807, 2.05) is 42.5 Å². The number of anilines is 1. The lowest BCUT2D eigenvalue weighted by atomic mass is 10.1. The highest BCUT2D eigenvalue weighted by Crippen LogP contribution is 2.30. The molecule has 0 saturated carbocycles. The summed E-state index contributed by atoms with van der Waals surface area (Å²) in [6.45, 7) is 4.47. The van der Waals surface area contributed by atoms with Gasteiger partial charge in [0, 0.05) is 24.1 Å². The number of ether oxygens (including phenoxy) is 3. The third kappa shape index (κ3) is 7.70. The van der Waals surface area contributed by atoms with E-state index in [1.165, 1.54) is 17.3 Å². The van der Waals surface area contributed by atoms with Gasteiger partial charge in [0.25, 0.3) is 5.91 Å². The molecule has 0 aliphatic heterocycles. The Hall–Kier alpha value is -4.09. The number of benzene rings is 3. The fourth-order valence-corrected chi connectivity index (χ4v) is 4.91. The van der Waals surface area contributed by atoms with Crippen LogP contribution in [-0.2, 0) is 17.0 Å². The van der Waals surface area contributed by atoms with Gasteiger partial charge >= 0.3 is 0 Å². The lowest BCUT2D eigenvalue weighted by molar-refractivity contribution is -0.117. The molecule has 2 N–H and O–H groups in total. The van der Waals surface area contributed by atoms with Gasteiger partial charge in [0.1, 0.15) is 17.4 Å². The van der Waals surface area contributed by atoms with Crippen molar-refractivity contribution in [3.8, 4) is 23.3 Å². The van der Waals surface area contributed by atoms with Crippen LogP contribution in [0.4, 0.5) is 5.69 Å². The molecular formula is C30H33N3O4S. The number of hydrogen-bond donors (Lipinski definition) is 2. The van der Waals surface area contributed by atoms with E-state index in [0.29, 0.717) is 41.0 Å². The summed E-state index contributed by atoms with van der Waals surface area (Å²) in [5, 5.41) is 16.6. The molecule has 3 rings (SSSR count). The molecule has 3 aromatic carbocycles. The number of nitrogens with one attached hydrogen (secondary N) is 2. The largest absolute Gasteiger partial charge is 0.497 e. The first-order chi connectivity index (χ1) is 18.4. The summed E-state index contributed by atoms with van der Waals surface area (Å²) in [5.41, 5.74) is 5.21. The average Bonchev–Trinajstić information content (AvgIpc) is 2.92. The van der Waals surface area contributed by atoms with Gasteiger partial charge in [-0.15, -0.1) is 11.8 Å². The van der Waals surface area contributed by atoms with Crippen molar-refractivity contribution in [1.82, 2.24) is 5.32 Å². The first-order valence-corrected chi connectivity index (χ1v) is 13.1. The molecule has 38 heavy (non-hydrogen) atoms. The summed E-state index contributed by atoms with van der Waals surface area (Å²) < 4.78 is 16.0. The number of carbonyl (C=O) groups excluding carboxylic acids is 1. The minimum atomic E-state index is -0.438. The van der Waals surface area contributed by atoms with Crippen LogP contribution in [0.2, 0.25) is 0 Å². The maximum absolute atomic E-state index is 13.2. The fourth-order valence-electron chi connectivity index (χ4n) is 3.81. The number of methoxy groups -OCH3 is 3. The van der Waals surface area contributed by atoms with Crippen molar-refractivity contribution < 1.29 is 19.0 Å².